The second-order valence-electron chi connectivity index (χ2n) is 4.66. The van der Waals surface area contributed by atoms with Gasteiger partial charge in [0.05, 0.1) is 18.6 Å². The van der Waals surface area contributed by atoms with Crippen molar-refractivity contribution >= 4 is 5.91 Å². The molecule has 1 heterocycles. The Bertz CT molecular complexity index is 228. The summed E-state index contributed by atoms with van der Waals surface area (Å²) in [7, 11) is 0. The van der Waals surface area contributed by atoms with Crippen molar-refractivity contribution in [2.75, 3.05) is 26.3 Å². The second kappa shape index (κ2) is 2.47. The summed E-state index contributed by atoms with van der Waals surface area (Å²) in [6.07, 6.45) is 3.51. The van der Waals surface area contributed by atoms with Gasteiger partial charge >= 0.3 is 0 Å². The van der Waals surface area contributed by atoms with Crippen molar-refractivity contribution in [1.29, 1.82) is 0 Å². The van der Waals surface area contributed by atoms with Crippen molar-refractivity contribution < 1.29 is 9.53 Å². The molecule has 0 radical (unpaired) electrons. The van der Waals surface area contributed by atoms with E-state index in [1.807, 2.05) is 4.90 Å². The lowest BCUT2D eigenvalue weighted by Crippen LogP contribution is -2.62. The van der Waals surface area contributed by atoms with Crippen LogP contribution in [0.25, 0.3) is 0 Å². The SMILES string of the molecule is O=C(N1CCOCC1)C12CC(C1)C2. The van der Waals surface area contributed by atoms with E-state index in [1.165, 1.54) is 19.3 Å². The summed E-state index contributed by atoms with van der Waals surface area (Å²) in [5, 5.41) is 0. The Hall–Kier alpha value is -0.570. The molecule has 0 aromatic carbocycles. The number of hydrogen-bond donors (Lipinski definition) is 0. The summed E-state index contributed by atoms with van der Waals surface area (Å²) in [4.78, 5) is 14.0. The molecular weight excluding hydrogens is 166 g/mol. The number of rotatable bonds is 1. The first-order chi connectivity index (χ1) is 6.30. The summed E-state index contributed by atoms with van der Waals surface area (Å²) in [6.45, 7) is 3.08. The molecule has 1 aliphatic heterocycles. The minimum atomic E-state index is 0.113. The molecule has 0 aromatic heterocycles. The predicted octanol–water partition coefficient (Wildman–Crippen LogP) is 0.645. The molecule has 4 rings (SSSR count). The maximum absolute atomic E-state index is 12.0. The van der Waals surface area contributed by atoms with Gasteiger partial charge in [-0.25, -0.2) is 0 Å². The van der Waals surface area contributed by atoms with Crippen LogP contribution in [0.4, 0.5) is 0 Å². The number of amides is 1. The molecule has 2 bridgehead atoms. The van der Waals surface area contributed by atoms with Crippen LogP contribution in [0.3, 0.4) is 0 Å². The van der Waals surface area contributed by atoms with Crippen LogP contribution in [0.15, 0.2) is 0 Å². The largest absolute Gasteiger partial charge is 0.378 e. The van der Waals surface area contributed by atoms with E-state index in [9.17, 15) is 4.79 Å². The minimum Gasteiger partial charge on any atom is -0.378 e. The maximum Gasteiger partial charge on any atom is 0.228 e. The third-order valence-corrected chi connectivity index (χ3v) is 3.79. The lowest BCUT2D eigenvalue weighted by Gasteiger charge is -2.61. The van der Waals surface area contributed by atoms with Crippen LogP contribution in [-0.2, 0) is 9.53 Å². The number of nitrogens with zero attached hydrogens (tertiary/aromatic N) is 1. The van der Waals surface area contributed by atoms with Crippen LogP contribution in [0.2, 0.25) is 0 Å². The van der Waals surface area contributed by atoms with Gasteiger partial charge in [0.25, 0.3) is 0 Å². The third-order valence-electron chi connectivity index (χ3n) is 3.79. The molecule has 0 unspecified atom stereocenters. The highest BCUT2D eigenvalue weighted by atomic mass is 16.5. The van der Waals surface area contributed by atoms with Gasteiger partial charge < -0.3 is 9.64 Å². The van der Waals surface area contributed by atoms with Crippen molar-refractivity contribution in [3.8, 4) is 0 Å². The molecular formula is C10H15NO2. The van der Waals surface area contributed by atoms with Gasteiger partial charge in [0, 0.05) is 13.1 Å². The lowest BCUT2D eigenvalue weighted by molar-refractivity contribution is -0.180. The van der Waals surface area contributed by atoms with E-state index in [0.29, 0.717) is 5.91 Å². The van der Waals surface area contributed by atoms with Crippen molar-refractivity contribution in [2.45, 2.75) is 19.3 Å². The fourth-order valence-electron chi connectivity index (χ4n) is 2.84. The van der Waals surface area contributed by atoms with Crippen LogP contribution in [-0.4, -0.2) is 37.1 Å². The van der Waals surface area contributed by atoms with E-state index >= 15 is 0 Å². The molecule has 72 valence electrons. The van der Waals surface area contributed by atoms with Gasteiger partial charge in [0.1, 0.15) is 0 Å². The summed E-state index contributed by atoms with van der Waals surface area (Å²) < 4.78 is 5.23. The molecule has 1 amide bonds. The van der Waals surface area contributed by atoms with Crippen molar-refractivity contribution in [3.05, 3.63) is 0 Å². The summed E-state index contributed by atoms with van der Waals surface area (Å²) in [5.41, 5.74) is 0.113. The molecule has 1 saturated heterocycles. The van der Waals surface area contributed by atoms with E-state index in [-0.39, 0.29) is 5.41 Å². The van der Waals surface area contributed by atoms with Crippen LogP contribution in [0.1, 0.15) is 19.3 Å². The molecule has 0 aromatic rings. The second-order valence-corrected chi connectivity index (χ2v) is 4.66. The Morgan fingerprint density at radius 3 is 2.31 bits per heavy atom. The van der Waals surface area contributed by atoms with Crippen LogP contribution >= 0.6 is 0 Å². The van der Waals surface area contributed by atoms with Gasteiger partial charge in [-0.3, -0.25) is 4.79 Å². The van der Waals surface area contributed by atoms with E-state index in [2.05, 4.69) is 0 Å². The molecule has 13 heavy (non-hydrogen) atoms. The van der Waals surface area contributed by atoms with Gasteiger partial charge in [-0.1, -0.05) is 0 Å². The number of morpholine rings is 1. The number of carbonyl (C=O) groups excluding carboxylic acids is 1. The molecule has 0 spiro atoms. The van der Waals surface area contributed by atoms with Crippen LogP contribution in [0, 0.1) is 11.3 Å². The van der Waals surface area contributed by atoms with Gasteiger partial charge in [0.2, 0.25) is 5.91 Å². The van der Waals surface area contributed by atoms with E-state index < -0.39 is 0 Å². The van der Waals surface area contributed by atoms with Crippen molar-refractivity contribution in [2.24, 2.45) is 11.3 Å². The first-order valence-corrected chi connectivity index (χ1v) is 5.17. The predicted molar refractivity (Wildman–Crippen MR) is 47.2 cm³/mol. The van der Waals surface area contributed by atoms with E-state index in [1.54, 1.807) is 0 Å². The van der Waals surface area contributed by atoms with Gasteiger partial charge in [-0.15, -0.1) is 0 Å². The molecule has 0 atom stereocenters. The highest BCUT2D eigenvalue weighted by Gasteiger charge is 2.62. The monoisotopic (exact) mass is 181 g/mol. The van der Waals surface area contributed by atoms with Crippen LogP contribution < -0.4 is 0 Å². The quantitative estimate of drug-likeness (QED) is 0.594. The Kier molecular flexibility index (Phi) is 1.48. The first kappa shape index (κ1) is 7.80. The number of hydrogen-bond acceptors (Lipinski definition) is 2. The van der Waals surface area contributed by atoms with Gasteiger partial charge in [-0.05, 0) is 25.2 Å². The summed E-state index contributed by atoms with van der Waals surface area (Å²) in [5.74, 6) is 1.31. The molecule has 3 nitrogen and oxygen atoms in total. The molecule has 3 heteroatoms. The smallest absolute Gasteiger partial charge is 0.228 e. The maximum atomic E-state index is 12.0. The van der Waals surface area contributed by atoms with Crippen molar-refractivity contribution in [3.63, 3.8) is 0 Å². The molecule has 0 N–H and O–H groups in total. The molecule has 3 aliphatic carbocycles. The Morgan fingerprint density at radius 2 is 1.85 bits per heavy atom. The summed E-state index contributed by atoms with van der Waals surface area (Å²) in [6, 6.07) is 0. The zero-order valence-corrected chi connectivity index (χ0v) is 7.79. The fraction of sp³-hybridized carbons (Fsp3) is 0.900. The fourth-order valence-corrected chi connectivity index (χ4v) is 2.84. The average molecular weight is 181 g/mol. The molecule has 4 fully saturated rings. The van der Waals surface area contributed by atoms with Crippen LogP contribution in [0.5, 0.6) is 0 Å². The lowest BCUT2D eigenvalue weighted by atomic mass is 9.44. The zero-order chi connectivity index (χ0) is 8.89. The van der Waals surface area contributed by atoms with Gasteiger partial charge in [-0.2, -0.15) is 0 Å². The Balaban J connectivity index is 1.66. The van der Waals surface area contributed by atoms with E-state index in [4.69, 9.17) is 4.74 Å². The average Bonchev–Trinajstić information content (AvgIpc) is 2.00. The third kappa shape index (κ3) is 0.966. The zero-order valence-electron chi connectivity index (χ0n) is 7.79. The highest BCUT2D eigenvalue weighted by molar-refractivity contribution is 5.85. The standard InChI is InChI=1S/C10H15NO2/c12-9(10-5-8(6-10)7-10)11-1-3-13-4-2-11/h8H,1-7H2. The number of carbonyl (C=O) groups is 1. The first-order valence-electron chi connectivity index (χ1n) is 5.17. The minimum absolute atomic E-state index is 0.113. The summed E-state index contributed by atoms with van der Waals surface area (Å²) >= 11 is 0. The van der Waals surface area contributed by atoms with Crippen molar-refractivity contribution in [1.82, 2.24) is 4.90 Å². The number of ether oxygens (including phenoxy) is 1. The molecule has 3 saturated carbocycles. The Labute approximate surface area is 78.0 Å². The van der Waals surface area contributed by atoms with E-state index in [0.717, 1.165) is 32.2 Å². The normalized spacial score (nSPS) is 42.2. The topological polar surface area (TPSA) is 29.5 Å². The van der Waals surface area contributed by atoms with Gasteiger partial charge in [0.15, 0.2) is 0 Å². The molecule has 4 aliphatic rings. The highest BCUT2D eigenvalue weighted by Crippen LogP contribution is 2.65. The Morgan fingerprint density at radius 1 is 1.23 bits per heavy atom.